The van der Waals surface area contributed by atoms with Gasteiger partial charge in [0.25, 0.3) is 0 Å². The third kappa shape index (κ3) is 1.94. The highest BCUT2D eigenvalue weighted by atomic mass is 32.2. The number of allylic oxidation sites excluding steroid dienone is 1. The van der Waals surface area contributed by atoms with Crippen LogP contribution in [0.2, 0.25) is 0 Å². The Hall–Kier alpha value is -0.540. The van der Waals surface area contributed by atoms with Gasteiger partial charge in [-0.2, -0.15) is 0 Å². The van der Waals surface area contributed by atoms with Crippen LogP contribution in [0.1, 0.15) is 17.3 Å². The van der Waals surface area contributed by atoms with Crippen molar-refractivity contribution in [2.24, 2.45) is 0 Å². The van der Waals surface area contributed by atoms with Crippen molar-refractivity contribution in [3.8, 4) is 0 Å². The second kappa shape index (κ2) is 3.24. The van der Waals surface area contributed by atoms with E-state index in [4.69, 9.17) is 0 Å². The van der Waals surface area contributed by atoms with Crippen LogP contribution in [-0.4, -0.2) is 5.78 Å². The minimum Gasteiger partial charge on any atom is -0.289 e. The fraction of sp³-hybridized carbons (Fsp3) is 0.125. The standard InChI is InChI=1S/C8H8OS2/c1-5(2)8(9)6-3-7(10)11-4-6/h3-4,10H,1H2,2H3. The predicted molar refractivity (Wildman–Crippen MR) is 50.7 cm³/mol. The van der Waals surface area contributed by atoms with Crippen molar-refractivity contribution >= 4 is 29.7 Å². The van der Waals surface area contributed by atoms with Crippen molar-refractivity contribution in [1.82, 2.24) is 0 Å². The number of Topliss-reactive ketones (excluding diaryl/α,β-unsaturated/α-hetero) is 1. The van der Waals surface area contributed by atoms with Gasteiger partial charge in [-0.3, -0.25) is 4.79 Å². The molecular formula is C8H8OS2. The molecule has 0 spiro atoms. The van der Waals surface area contributed by atoms with Gasteiger partial charge in [-0.25, -0.2) is 0 Å². The normalized spacial score (nSPS) is 9.64. The number of hydrogen-bond donors (Lipinski definition) is 1. The van der Waals surface area contributed by atoms with Crippen LogP contribution in [-0.2, 0) is 0 Å². The van der Waals surface area contributed by atoms with E-state index in [0.717, 1.165) is 4.21 Å². The molecule has 1 nitrogen and oxygen atoms in total. The first-order valence-corrected chi connectivity index (χ1v) is 4.41. The van der Waals surface area contributed by atoms with Crippen LogP contribution in [0, 0.1) is 0 Å². The van der Waals surface area contributed by atoms with Gasteiger partial charge in [0.05, 0.1) is 4.21 Å². The number of thiophene rings is 1. The van der Waals surface area contributed by atoms with Gasteiger partial charge in [0.1, 0.15) is 0 Å². The minimum atomic E-state index is 0.00144. The number of hydrogen-bond acceptors (Lipinski definition) is 3. The van der Waals surface area contributed by atoms with Crippen molar-refractivity contribution in [2.75, 3.05) is 0 Å². The number of ketones is 1. The zero-order chi connectivity index (χ0) is 8.43. The van der Waals surface area contributed by atoms with Crippen molar-refractivity contribution in [3.05, 3.63) is 29.2 Å². The smallest absolute Gasteiger partial charge is 0.189 e. The zero-order valence-corrected chi connectivity index (χ0v) is 7.84. The molecule has 0 aliphatic rings. The molecule has 1 aromatic rings. The average molecular weight is 184 g/mol. The van der Waals surface area contributed by atoms with Crippen LogP contribution in [0.25, 0.3) is 0 Å². The SMILES string of the molecule is C=C(C)C(=O)c1csc(S)c1. The van der Waals surface area contributed by atoms with Gasteiger partial charge in [0.2, 0.25) is 0 Å². The molecule has 1 rings (SSSR count). The summed E-state index contributed by atoms with van der Waals surface area (Å²) in [6, 6.07) is 1.75. The van der Waals surface area contributed by atoms with Crippen LogP contribution in [0.15, 0.2) is 27.8 Å². The lowest BCUT2D eigenvalue weighted by molar-refractivity contribution is 0.103. The summed E-state index contributed by atoms with van der Waals surface area (Å²) >= 11 is 5.56. The van der Waals surface area contributed by atoms with Gasteiger partial charge in [-0.1, -0.05) is 6.58 Å². The molecule has 0 aliphatic heterocycles. The minimum absolute atomic E-state index is 0.00144. The van der Waals surface area contributed by atoms with E-state index in [0.29, 0.717) is 11.1 Å². The molecule has 0 amide bonds. The molecule has 58 valence electrons. The fourth-order valence-corrected chi connectivity index (χ4v) is 1.61. The largest absolute Gasteiger partial charge is 0.289 e. The first-order chi connectivity index (χ1) is 5.11. The lowest BCUT2D eigenvalue weighted by Crippen LogP contribution is -1.96. The van der Waals surface area contributed by atoms with Gasteiger partial charge in [-0.15, -0.1) is 24.0 Å². The maximum absolute atomic E-state index is 11.2. The number of carbonyl (C=O) groups is 1. The molecule has 0 saturated carbocycles. The Kier molecular flexibility index (Phi) is 2.52. The summed E-state index contributed by atoms with van der Waals surface area (Å²) in [5.74, 6) is 0.00144. The van der Waals surface area contributed by atoms with Crippen molar-refractivity contribution < 1.29 is 4.79 Å². The Labute approximate surface area is 75.2 Å². The van der Waals surface area contributed by atoms with Crippen molar-refractivity contribution in [3.63, 3.8) is 0 Å². The molecule has 0 aliphatic carbocycles. The summed E-state index contributed by atoms with van der Waals surface area (Å²) in [6.07, 6.45) is 0. The fourth-order valence-electron chi connectivity index (χ4n) is 0.690. The van der Waals surface area contributed by atoms with Gasteiger partial charge in [0, 0.05) is 10.9 Å². The average Bonchev–Trinajstić information content (AvgIpc) is 2.34. The lowest BCUT2D eigenvalue weighted by atomic mass is 10.1. The highest BCUT2D eigenvalue weighted by Crippen LogP contribution is 2.19. The second-order valence-corrected chi connectivity index (χ2v) is 3.98. The van der Waals surface area contributed by atoms with Crippen LogP contribution in [0.3, 0.4) is 0 Å². The van der Waals surface area contributed by atoms with E-state index in [9.17, 15) is 4.79 Å². The summed E-state index contributed by atoms with van der Waals surface area (Å²) in [5, 5.41) is 1.79. The van der Waals surface area contributed by atoms with Crippen LogP contribution >= 0.6 is 24.0 Å². The Balaban J connectivity index is 2.94. The van der Waals surface area contributed by atoms with E-state index in [1.165, 1.54) is 11.3 Å². The van der Waals surface area contributed by atoms with Gasteiger partial charge >= 0.3 is 0 Å². The Morgan fingerprint density at radius 2 is 2.36 bits per heavy atom. The summed E-state index contributed by atoms with van der Waals surface area (Å²) < 4.78 is 0.856. The molecule has 1 heterocycles. The zero-order valence-electron chi connectivity index (χ0n) is 6.13. The van der Waals surface area contributed by atoms with E-state index < -0.39 is 0 Å². The summed E-state index contributed by atoms with van der Waals surface area (Å²) in [6.45, 7) is 5.28. The first kappa shape index (κ1) is 8.56. The van der Waals surface area contributed by atoms with E-state index in [1.807, 2.05) is 0 Å². The molecule has 0 radical (unpaired) electrons. The third-order valence-electron chi connectivity index (χ3n) is 1.24. The van der Waals surface area contributed by atoms with Gasteiger partial charge in [-0.05, 0) is 18.6 Å². The van der Waals surface area contributed by atoms with E-state index in [-0.39, 0.29) is 5.78 Å². The summed E-state index contributed by atoms with van der Waals surface area (Å²) in [7, 11) is 0. The van der Waals surface area contributed by atoms with Crippen molar-refractivity contribution in [2.45, 2.75) is 11.1 Å². The summed E-state index contributed by atoms with van der Waals surface area (Å²) in [5.41, 5.74) is 1.25. The highest BCUT2D eigenvalue weighted by Gasteiger charge is 2.07. The molecule has 0 N–H and O–H groups in total. The molecule has 0 bridgehead atoms. The van der Waals surface area contributed by atoms with Gasteiger partial charge in [0.15, 0.2) is 5.78 Å². The molecule has 0 fully saturated rings. The lowest BCUT2D eigenvalue weighted by Gasteiger charge is -1.92. The molecule has 0 unspecified atom stereocenters. The van der Waals surface area contributed by atoms with Crippen LogP contribution < -0.4 is 0 Å². The van der Waals surface area contributed by atoms with Crippen LogP contribution in [0.5, 0.6) is 0 Å². The molecule has 0 aromatic carbocycles. The maximum atomic E-state index is 11.2. The molecule has 1 aromatic heterocycles. The third-order valence-corrected chi connectivity index (χ3v) is 2.41. The van der Waals surface area contributed by atoms with Crippen molar-refractivity contribution in [1.29, 1.82) is 0 Å². The molecule has 0 atom stereocenters. The number of thiol groups is 1. The quantitative estimate of drug-likeness (QED) is 0.425. The second-order valence-electron chi connectivity index (χ2n) is 2.28. The Morgan fingerprint density at radius 3 is 2.73 bits per heavy atom. The maximum Gasteiger partial charge on any atom is 0.189 e. The molecule has 0 saturated heterocycles. The van der Waals surface area contributed by atoms with E-state index in [2.05, 4.69) is 19.2 Å². The number of carbonyl (C=O) groups excluding carboxylic acids is 1. The topological polar surface area (TPSA) is 17.1 Å². The molecule has 3 heteroatoms. The van der Waals surface area contributed by atoms with E-state index in [1.54, 1.807) is 18.4 Å². The van der Waals surface area contributed by atoms with Gasteiger partial charge < -0.3 is 0 Å². The Bertz CT molecular complexity index is 299. The number of rotatable bonds is 2. The summed E-state index contributed by atoms with van der Waals surface area (Å²) in [4.78, 5) is 11.2. The Morgan fingerprint density at radius 1 is 1.73 bits per heavy atom. The monoisotopic (exact) mass is 184 g/mol. The molecule has 11 heavy (non-hydrogen) atoms. The highest BCUT2D eigenvalue weighted by molar-refractivity contribution is 7.82. The van der Waals surface area contributed by atoms with Crippen LogP contribution in [0.4, 0.5) is 0 Å². The predicted octanol–water partition coefficient (Wildman–Crippen LogP) is 2.80. The first-order valence-electron chi connectivity index (χ1n) is 3.09. The van der Waals surface area contributed by atoms with E-state index >= 15 is 0 Å². The molecular weight excluding hydrogens is 176 g/mol.